The average Bonchev–Trinajstić information content (AvgIpc) is 2.88. The summed E-state index contributed by atoms with van der Waals surface area (Å²) in [5.74, 6) is 0.900. The minimum Gasteiger partial charge on any atom is -0.494 e. The van der Waals surface area contributed by atoms with E-state index in [1.807, 2.05) is 6.92 Å². The number of hydrazone groups is 1. The number of halogens is 1. The second-order valence-corrected chi connectivity index (χ2v) is 8.13. The molecule has 3 aromatic carbocycles. The van der Waals surface area contributed by atoms with Crippen LogP contribution >= 0.6 is 15.9 Å². The molecule has 182 valence electrons. The van der Waals surface area contributed by atoms with Crippen molar-refractivity contribution in [2.75, 3.05) is 20.8 Å². The van der Waals surface area contributed by atoms with Crippen LogP contribution < -0.4 is 24.4 Å². The second kappa shape index (κ2) is 12.6. The summed E-state index contributed by atoms with van der Waals surface area (Å²) in [7, 11) is 3.00. The fourth-order valence-corrected chi connectivity index (χ4v) is 3.36. The molecule has 0 saturated carbocycles. The highest BCUT2D eigenvalue weighted by molar-refractivity contribution is 9.10. The molecule has 0 bridgehead atoms. The molecule has 0 saturated heterocycles. The molecule has 0 aliphatic rings. The van der Waals surface area contributed by atoms with E-state index in [-0.39, 0.29) is 17.2 Å². The zero-order chi connectivity index (χ0) is 25.2. The van der Waals surface area contributed by atoms with Crippen molar-refractivity contribution in [2.24, 2.45) is 5.10 Å². The molecular formula is C26H25BrN2O6. The quantitative estimate of drug-likeness (QED) is 0.163. The van der Waals surface area contributed by atoms with Crippen LogP contribution in [0.5, 0.6) is 23.0 Å². The van der Waals surface area contributed by atoms with Crippen LogP contribution in [0.4, 0.5) is 0 Å². The molecule has 3 rings (SSSR count). The first-order chi connectivity index (χ1) is 16.9. The van der Waals surface area contributed by atoms with E-state index in [1.165, 1.54) is 26.5 Å². The van der Waals surface area contributed by atoms with E-state index in [4.69, 9.17) is 18.9 Å². The van der Waals surface area contributed by atoms with E-state index in [0.717, 1.165) is 10.9 Å². The van der Waals surface area contributed by atoms with Gasteiger partial charge in [0.15, 0.2) is 11.5 Å². The molecule has 0 spiro atoms. The van der Waals surface area contributed by atoms with Gasteiger partial charge in [0.05, 0.1) is 32.6 Å². The summed E-state index contributed by atoms with van der Waals surface area (Å²) in [4.78, 5) is 25.1. The topological polar surface area (TPSA) is 95.5 Å². The third-order valence-electron chi connectivity index (χ3n) is 4.75. The highest BCUT2D eigenvalue weighted by atomic mass is 79.9. The molecule has 0 aromatic heterocycles. The standard InChI is InChI=1S/C26H25BrN2O6/c1-4-13-34-21-9-5-17(6-10-21)25(30)29-28-16-19-14-20(27)8-12-22(19)35-26(31)18-7-11-23(32-2)24(15-18)33-3/h5-12,14-16H,4,13H2,1-3H3,(H,29,30)/b28-16-. The van der Waals surface area contributed by atoms with Crippen LogP contribution in [0.2, 0.25) is 0 Å². The fraction of sp³-hybridized carbons (Fsp3) is 0.192. The van der Waals surface area contributed by atoms with E-state index >= 15 is 0 Å². The lowest BCUT2D eigenvalue weighted by atomic mass is 10.2. The summed E-state index contributed by atoms with van der Waals surface area (Å²) in [6.45, 7) is 2.63. The normalized spacial score (nSPS) is 10.6. The first kappa shape index (κ1) is 25.8. The van der Waals surface area contributed by atoms with Gasteiger partial charge in [0.25, 0.3) is 5.91 Å². The summed E-state index contributed by atoms with van der Waals surface area (Å²) in [6.07, 6.45) is 2.30. The largest absolute Gasteiger partial charge is 0.494 e. The monoisotopic (exact) mass is 540 g/mol. The lowest BCUT2D eigenvalue weighted by Crippen LogP contribution is -2.17. The summed E-state index contributed by atoms with van der Waals surface area (Å²) < 4.78 is 22.3. The van der Waals surface area contributed by atoms with Gasteiger partial charge in [0.2, 0.25) is 0 Å². The number of rotatable bonds is 10. The maximum atomic E-state index is 12.7. The van der Waals surface area contributed by atoms with Crippen LogP contribution in [0.25, 0.3) is 0 Å². The Hall–Kier alpha value is -3.85. The molecule has 3 aromatic rings. The molecule has 0 heterocycles. The Kier molecular flexibility index (Phi) is 9.25. The number of esters is 1. The first-order valence-electron chi connectivity index (χ1n) is 10.7. The number of hydrogen-bond donors (Lipinski definition) is 1. The van der Waals surface area contributed by atoms with Gasteiger partial charge in [0.1, 0.15) is 11.5 Å². The van der Waals surface area contributed by atoms with Crippen molar-refractivity contribution in [1.82, 2.24) is 5.43 Å². The SMILES string of the molecule is CCCOc1ccc(C(=O)N/N=C\c2cc(Br)ccc2OC(=O)c2ccc(OC)c(OC)c2)cc1. The molecule has 1 amide bonds. The lowest BCUT2D eigenvalue weighted by Gasteiger charge is -2.11. The number of hydrogen-bond acceptors (Lipinski definition) is 7. The van der Waals surface area contributed by atoms with Gasteiger partial charge in [-0.25, -0.2) is 10.2 Å². The Morgan fingerprint density at radius 3 is 2.29 bits per heavy atom. The molecule has 0 atom stereocenters. The molecule has 8 nitrogen and oxygen atoms in total. The van der Waals surface area contributed by atoms with Crippen molar-refractivity contribution >= 4 is 34.0 Å². The van der Waals surface area contributed by atoms with Gasteiger partial charge in [-0.15, -0.1) is 0 Å². The van der Waals surface area contributed by atoms with Crippen molar-refractivity contribution < 1.29 is 28.5 Å². The van der Waals surface area contributed by atoms with Gasteiger partial charge in [-0.3, -0.25) is 4.79 Å². The van der Waals surface area contributed by atoms with Crippen LogP contribution in [-0.2, 0) is 0 Å². The maximum absolute atomic E-state index is 12.7. The summed E-state index contributed by atoms with van der Waals surface area (Å²) in [6, 6.07) is 16.6. The third-order valence-corrected chi connectivity index (χ3v) is 5.25. The van der Waals surface area contributed by atoms with Crippen LogP contribution in [0.15, 0.2) is 70.2 Å². The molecule has 0 aliphatic heterocycles. The van der Waals surface area contributed by atoms with Crippen LogP contribution in [0.1, 0.15) is 39.6 Å². The van der Waals surface area contributed by atoms with Gasteiger partial charge in [-0.1, -0.05) is 22.9 Å². The molecule has 0 fully saturated rings. The summed E-state index contributed by atoms with van der Waals surface area (Å²) in [5, 5.41) is 4.02. The van der Waals surface area contributed by atoms with E-state index < -0.39 is 5.97 Å². The highest BCUT2D eigenvalue weighted by Gasteiger charge is 2.15. The van der Waals surface area contributed by atoms with E-state index in [0.29, 0.717) is 35.0 Å². The number of methoxy groups -OCH3 is 2. The highest BCUT2D eigenvalue weighted by Crippen LogP contribution is 2.29. The van der Waals surface area contributed by atoms with Gasteiger partial charge in [0, 0.05) is 15.6 Å². The van der Waals surface area contributed by atoms with Crippen LogP contribution in [0.3, 0.4) is 0 Å². The number of amides is 1. The second-order valence-electron chi connectivity index (χ2n) is 7.21. The Morgan fingerprint density at radius 2 is 1.60 bits per heavy atom. The molecule has 0 aliphatic carbocycles. The number of benzene rings is 3. The summed E-state index contributed by atoms with van der Waals surface area (Å²) in [5.41, 5.74) is 3.67. The van der Waals surface area contributed by atoms with Crippen molar-refractivity contribution in [1.29, 1.82) is 0 Å². The van der Waals surface area contributed by atoms with Gasteiger partial charge in [-0.2, -0.15) is 5.10 Å². The fourth-order valence-electron chi connectivity index (χ4n) is 2.98. The molecule has 0 unspecified atom stereocenters. The Balaban J connectivity index is 1.70. The Morgan fingerprint density at radius 1 is 0.914 bits per heavy atom. The molecule has 9 heteroatoms. The number of nitrogens with one attached hydrogen (secondary N) is 1. The first-order valence-corrected chi connectivity index (χ1v) is 11.5. The Bertz CT molecular complexity index is 1210. The summed E-state index contributed by atoms with van der Waals surface area (Å²) >= 11 is 3.39. The average molecular weight is 541 g/mol. The smallest absolute Gasteiger partial charge is 0.343 e. The minimum absolute atomic E-state index is 0.267. The zero-order valence-electron chi connectivity index (χ0n) is 19.5. The van der Waals surface area contributed by atoms with E-state index in [2.05, 4.69) is 26.5 Å². The number of carbonyl (C=O) groups excluding carboxylic acids is 2. The van der Waals surface area contributed by atoms with Gasteiger partial charge < -0.3 is 18.9 Å². The maximum Gasteiger partial charge on any atom is 0.343 e. The number of ether oxygens (including phenoxy) is 4. The predicted molar refractivity (Wildman–Crippen MR) is 136 cm³/mol. The minimum atomic E-state index is -0.586. The lowest BCUT2D eigenvalue weighted by molar-refractivity contribution is 0.0733. The van der Waals surface area contributed by atoms with Gasteiger partial charge >= 0.3 is 5.97 Å². The predicted octanol–water partition coefficient (Wildman–Crippen LogP) is 5.24. The van der Waals surface area contributed by atoms with Gasteiger partial charge in [-0.05, 0) is 67.1 Å². The molecular weight excluding hydrogens is 516 g/mol. The molecule has 1 N–H and O–H groups in total. The van der Waals surface area contributed by atoms with Crippen molar-refractivity contribution in [2.45, 2.75) is 13.3 Å². The third kappa shape index (κ3) is 7.07. The van der Waals surface area contributed by atoms with Crippen molar-refractivity contribution in [3.8, 4) is 23.0 Å². The zero-order valence-corrected chi connectivity index (χ0v) is 21.1. The van der Waals surface area contributed by atoms with E-state index in [9.17, 15) is 9.59 Å². The molecule has 0 radical (unpaired) electrons. The number of carbonyl (C=O) groups is 2. The van der Waals surface area contributed by atoms with Crippen molar-refractivity contribution in [3.05, 3.63) is 81.8 Å². The van der Waals surface area contributed by atoms with Crippen LogP contribution in [0, 0.1) is 0 Å². The van der Waals surface area contributed by atoms with Crippen LogP contribution in [-0.4, -0.2) is 38.9 Å². The van der Waals surface area contributed by atoms with Crippen molar-refractivity contribution in [3.63, 3.8) is 0 Å². The Labute approximate surface area is 212 Å². The van der Waals surface area contributed by atoms with E-state index in [1.54, 1.807) is 54.6 Å². The molecule has 35 heavy (non-hydrogen) atoms. The number of nitrogens with zero attached hydrogens (tertiary/aromatic N) is 1.